The van der Waals surface area contributed by atoms with Crippen LogP contribution in [0.1, 0.15) is 58.1 Å². The highest BCUT2D eigenvalue weighted by Gasteiger charge is 2.15. The summed E-state index contributed by atoms with van der Waals surface area (Å²) in [5, 5.41) is 4.25. The summed E-state index contributed by atoms with van der Waals surface area (Å²) in [6.45, 7) is 9.21. The topological polar surface area (TPSA) is 15.3 Å². The van der Waals surface area contributed by atoms with Crippen LogP contribution in [0.3, 0.4) is 0 Å². The van der Waals surface area contributed by atoms with Crippen LogP contribution in [0.25, 0.3) is 0 Å². The normalized spacial score (nSPS) is 14.4. The van der Waals surface area contributed by atoms with E-state index in [-0.39, 0.29) is 0 Å². The van der Waals surface area contributed by atoms with Crippen molar-refractivity contribution >= 4 is 11.6 Å². The first-order valence-corrected chi connectivity index (χ1v) is 8.66. The summed E-state index contributed by atoms with van der Waals surface area (Å²) in [5.74, 6) is 0. The average molecular weight is 311 g/mol. The van der Waals surface area contributed by atoms with Crippen molar-refractivity contribution < 1.29 is 0 Å². The van der Waals surface area contributed by atoms with Crippen LogP contribution in [0.2, 0.25) is 5.02 Å². The van der Waals surface area contributed by atoms with Crippen molar-refractivity contribution in [3.8, 4) is 0 Å². The first-order valence-electron chi connectivity index (χ1n) is 8.29. The van der Waals surface area contributed by atoms with Gasteiger partial charge in [-0.1, -0.05) is 44.0 Å². The van der Waals surface area contributed by atoms with Gasteiger partial charge in [-0.05, 0) is 57.5 Å². The zero-order valence-electron chi connectivity index (χ0n) is 14.0. The number of rotatable bonds is 10. The lowest BCUT2D eigenvalue weighted by Gasteiger charge is -2.30. The molecule has 0 spiro atoms. The molecule has 0 aromatic heterocycles. The summed E-state index contributed by atoms with van der Waals surface area (Å²) >= 11 is 6.11. The molecule has 2 nitrogen and oxygen atoms in total. The fraction of sp³-hybridized carbons (Fsp3) is 0.667. The second-order valence-corrected chi connectivity index (χ2v) is 6.27. The Bertz CT molecular complexity index is 395. The molecule has 0 saturated heterocycles. The fourth-order valence-corrected chi connectivity index (χ4v) is 2.87. The summed E-state index contributed by atoms with van der Waals surface area (Å²) in [7, 11) is 2.03. The molecule has 1 aromatic rings. The van der Waals surface area contributed by atoms with Crippen LogP contribution in [0, 0.1) is 0 Å². The zero-order chi connectivity index (χ0) is 15.7. The lowest BCUT2D eigenvalue weighted by Crippen LogP contribution is -2.36. The van der Waals surface area contributed by atoms with E-state index in [0.717, 1.165) is 18.0 Å². The van der Waals surface area contributed by atoms with E-state index in [9.17, 15) is 0 Å². The van der Waals surface area contributed by atoms with Gasteiger partial charge in [0.15, 0.2) is 0 Å². The second-order valence-electron chi connectivity index (χ2n) is 5.83. The highest BCUT2D eigenvalue weighted by molar-refractivity contribution is 6.30. The molecule has 1 aromatic carbocycles. The van der Waals surface area contributed by atoms with Gasteiger partial charge in [0.2, 0.25) is 0 Å². The standard InChI is InChI=1S/C18H31ClN2/c1-5-7-12-21(15(3)6-2)13-11-18(20-4)16-9-8-10-17(19)14-16/h8-10,14-15,18,20H,5-7,11-13H2,1-4H3. The Kier molecular flexibility index (Phi) is 8.98. The molecule has 1 rings (SSSR count). The Balaban J connectivity index is 2.62. The minimum absolute atomic E-state index is 0.372. The fourth-order valence-electron chi connectivity index (χ4n) is 2.67. The van der Waals surface area contributed by atoms with Crippen molar-refractivity contribution in [3.05, 3.63) is 34.9 Å². The summed E-state index contributed by atoms with van der Waals surface area (Å²) < 4.78 is 0. The molecule has 0 aliphatic carbocycles. The van der Waals surface area contributed by atoms with Gasteiger partial charge >= 0.3 is 0 Å². The Morgan fingerprint density at radius 2 is 2.00 bits per heavy atom. The van der Waals surface area contributed by atoms with E-state index in [1.165, 1.54) is 31.4 Å². The van der Waals surface area contributed by atoms with Crippen molar-refractivity contribution in [1.29, 1.82) is 0 Å². The lowest BCUT2D eigenvalue weighted by atomic mass is 10.0. The third-order valence-corrected chi connectivity index (χ3v) is 4.55. The molecule has 0 amide bonds. The van der Waals surface area contributed by atoms with Crippen LogP contribution in [0.4, 0.5) is 0 Å². The van der Waals surface area contributed by atoms with Crippen LogP contribution < -0.4 is 5.32 Å². The number of halogens is 1. The molecule has 3 heteroatoms. The smallest absolute Gasteiger partial charge is 0.0409 e. The molecule has 2 unspecified atom stereocenters. The maximum absolute atomic E-state index is 6.11. The number of nitrogens with one attached hydrogen (secondary N) is 1. The predicted octanol–water partition coefficient (Wildman–Crippen LogP) is 4.89. The van der Waals surface area contributed by atoms with Gasteiger partial charge in [-0.2, -0.15) is 0 Å². The van der Waals surface area contributed by atoms with Gasteiger partial charge in [-0.15, -0.1) is 0 Å². The van der Waals surface area contributed by atoms with Crippen LogP contribution in [0.15, 0.2) is 24.3 Å². The maximum atomic E-state index is 6.11. The van der Waals surface area contributed by atoms with Gasteiger partial charge in [0.05, 0.1) is 0 Å². The van der Waals surface area contributed by atoms with Crippen LogP contribution in [-0.2, 0) is 0 Å². The molecule has 1 N–H and O–H groups in total. The monoisotopic (exact) mass is 310 g/mol. The third-order valence-electron chi connectivity index (χ3n) is 4.32. The largest absolute Gasteiger partial charge is 0.313 e. The van der Waals surface area contributed by atoms with Gasteiger partial charge in [0.1, 0.15) is 0 Å². The molecule has 2 atom stereocenters. The first-order chi connectivity index (χ1) is 10.1. The van der Waals surface area contributed by atoms with Crippen molar-refractivity contribution in [2.45, 2.75) is 58.5 Å². The van der Waals surface area contributed by atoms with Gasteiger partial charge in [-0.3, -0.25) is 0 Å². The van der Waals surface area contributed by atoms with Crippen LogP contribution >= 0.6 is 11.6 Å². The number of hydrogen-bond acceptors (Lipinski definition) is 2. The molecule has 0 radical (unpaired) electrons. The first kappa shape index (κ1) is 18.5. The molecule has 0 aliphatic heterocycles. The number of unbranched alkanes of at least 4 members (excludes halogenated alkanes) is 1. The van der Waals surface area contributed by atoms with Gasteiger partial charge < -0.3 is 10.2 Å². The van der Waals surface area contributed by atoms with Crippen LogP contribution in [0.5, 0.6) is 0 Å². The minimum atomic E-state index is 0.372. The van der Waals surface area contributed by atoms with E-state index in [1.807, 2.05) is 19.2 Å². The lowest BCUT2D eigenvalue weighted by molar-refractivity contribution is 0.191. The Morgan fingerprint density at radius 1 is 1.24 bits per heavy atom. The van der Waals surface area contributed by atoms with E-state index in [1.54, 1.807) is 0 Å². The molecule has 0 fully saturated rings. The summed E-state index contributed by atoms with van der Waals surface area (Å²) in [6, 6.07) is 9.23. The molecule has 0 bridgehead atoms. The van der Waals surface area contributed by atoms with E-state index < -0.39 is 0 Å². The molecular weight excluding hydrogens is 280 g/mol. The molecule has 0 saturated carbocycles. The zero-order valence-corrected chi connectivity index (χ0v) is 14.8. The molecule has 120 valence electrons. The van der Waals surface area contributed by atoms with Crippen LogP contribution in [-0.4, -0.2) is 31.1 Å². The Labute approximate surface area is 135 Å². The van der Waals surface area contributed by atoms with Crippen molar-refractivity contribution in [1.82, 2.24) is 10.2 Å². The molecule has 0 aliphatic rings. The quantitative estimate of drug-likeness (QED) is 0.662. The van der Waals surface area contributed by atoms with E-state index >= 15 is 0 Å². The Hall–Kier alpha value is -0.570. The third kappa shape index (κ3) is 6.37. The second kappa shape index (κ2) is 10.2. The highest BCUT2D eigenvalue weighted by atomic mass is 35.5. The predicted molar refractivity (Wildman–Crippen MR) is 94.1 cm³/mol. The molecular formula is C18H31ClN2. The number of benzene rings is 1. The summed E-state index contributed by atoms with van der Waals surface area (Å²) in [4.78, 5) is 2.62. The highest BCUT2D eigenvalue weighted by Crippen LogP contribution is 2.21. The molecule has 21 heavy (non-hydrogen) atoms. The van der Waals surface area contributed by atoms with Gasteiger partial charge in [-0.25, -0.2) is 0 Å². The van der Waals surface area contributed by atoms with Gasteiger partial charge in [0.25, 0.3) is 0 Å². The summed E-state index contributed by atoms with van der Waals surface area (Å²) in [5.41, 5.74) is 1.28. The van der Waals surface area contributed by atoms with E-state index in [4.69, 9.17) is 11.6 Å². The average Bonchev–Trinajstić information content (AvgIpc) is 2.50. The van der Waals surface area contributed by atoms with E-state index in [0.29, 0.717) is 12.1 Å². The Morgan fingerprint density at radius 3 is 2.57 bits per heavy atom. The van der Waals surface area contributed by atoms with Crippen molar-refractivity contribution in [3.63, 3.8) is 0 Å². The number of hydrogen-bond donors (Lipinski definition) is 1. The molecule has 0 heterocycles. The van der Waals surface area contributed by atoms with Gasteiger partial charge in [0, 0.05) is 23.7 Å². The number of nitrogens with zero attached hydrogens (tertiary/aromatic N) is 1. The summed E-state index contributed by atoms with van der Waals surface area (Å²) in [6.07, 6.45) is 4.87. The minimum Gasteiger partial charge on any atom is -0.313 e. The van der Waals surface area contributed by atoms with Crippen molar-refractivity contribution in [2.75, 3.05) is 20.1 Å². The maximum Gasteiger partial charge on any atom is 0.0409 e. The SMILES string of the molecule is CCCCN(CCC(NC)c1cccc(Cl)c1)C(C)CC. The van der Waals surface area contributed by atoms with Crippen molar-refractivity contribution in [2.24, 2.45) is 0 Å². The van der Waals surface area contributed by atoms with E-state index in [2.05, 4.69) is 43.1 Å².